The molecule has 18 rings (SSSR count). The molecule has 2 saturated heterocycles. The summed E-state index contributed by atoms with van der Waals surface area (Å²) >= 11 is 51.8. The van der Waals surface area contributed by atoms with Gasteiger partial charge in [-0.05, 0) is 227 Å². The van der Waals surface area contributed by atoms with E-state index in [1.54, 1.807) is 141 Å². The minimum absolute atomic E-state index is 0.0255. The van der Waals surface area contributed by atoms with Gasteiger partial charge in [0, 0.05) is 183 Å². The summed E-state index contributed by atoms with van der Waals surface area (Å²) in [5.74, 6) is -0.676. The summed E-state index contributed by atoms with van der Waals surface area (Å²) in [6.07, 6.45) is 1.68. The van der Waals surface area contributed by atoms with E-state index in [-0.39, 0.29) is 55.2 Å². The first-order valence-electron chi connectivity index (χ1n) is 41.2. The molecule has 42 heteroatoms. The highest BCUT2D eigenvalue weighted by Gasteiger charge is 2.42. The van der Waals surface area contributed by atoms with Crippen LogP contribution in [0.15, 0.2) is 141 Å². The van der Waals surface area contributed by atoms with Gasteiger partial charge in [0.05, 0.1) is 81.8 Å². The molecule has 0 aliphatic carbocycles. The lowest BCUT2D eigenvalue weighted by atomic mass is 10.1. The van der Waals surface area contributed by atoms with Crippen LogP contribution in [0.2, 0.25) is 35.2 Å². The molecule has 0 spiro atoms. The number of rotatable bonds is 5. The molecule has 32 nitrogen and oxygen atoms in total. The zero-order chi connectivity index (χ0) is 97.3. The van der Waals surface area contributed by atoms with E-state index < -0.39 is 63.6 Å². The molecule has 2 aromatic heterocycles. The number of fused-ring (bicyclic) bond motifs is 7. The van der Waals surface area contributed by atoms with Gasteiger partial charge in [-0.3, -0.25) is 43.7 Å². The molecule has 702 valence electrons. The van der Waals surface area contributed by atoms with E-state index >= 15 is 0 Å². The molecular formula is C91H93Br3Cl7N17O15. The molecule has 9 aliphatic rings. The summed E-state index contributed by atoms with van der Waals surface area (Å²) in [4.78, 5) is 150. The number of pyridine rings is 2. The van der Waals surface area contributed by atoms with Crippen LogP contribution in [-0.2, 0) is 60.0 Å². The molecule has 0 unspecified atom stereocenters. The fourth-order valence-electron chi connectivity index (χ4n) is 14.3. The lowest BCUT2D eigenvalue weighted by molar-refractivity contribution is -0.385. The van der Waals surface area contributed by atoms with Crippen molar-refractivity contribution in [2.24, 2.45) is 0 Å². The minimum Gasteiger partial charge on any atom is -0.443 e. The Kier molecular flexibility index (Phi) is 33.8. The highest BCUT2D eigenvalue weighted by Crippen LogP contribution is 2.41. The zero-order valence-electron chi connectivity index (χ0n) is 73.8. The first kappa shape index (κ1) is 103. The Bertz CT molecular complexity index is 5900. The molecule has 0 saturated carbocycles. The van der Waals surface area contributed by atoms with Gasteiger partial charge in [0.25, 0.3) is 47.0 Å². The smallest absolute Gasteiger partial charge is 0.417 e. The molecule has 133 heavy (non-hydrogen) atoms. The second-order valence-corrected chi connectivity index (χ2v) is 39.3. The van der Waals surface area contributed by atoms with Gasteiger partial charge in [0.2, 0.25) is 0 Å². The van der Waals surface area contributed by atoms with Gasteiger partial charge in [-0.2, -0.15) is 0 Å². The highest BCUT2D eigenvalue weighted by atomic mass is 79.9. The number of amides is 10. The minimum atomic E-state index is -0.702. The fourth-order valence-corrected chi connectivity index (χ4v) is 17.5. The molecule has 9 aromatic rings. The van der Waals surface area contributed by atoms with Crippen LogP contribution in [0.3, 0.4) is 0 Å². The van der Waals surface area contributed by atoms with Crippen molar-refractivity contribution in [3.8, 4) is 0 Å². The molecule has 9 aliphatic heterocycles. The highest BCUT2D eigenvalue weighted by molar-refractivity contribution is 9.11. The second kappa shape index (κ2) is 43.8. The normalized spacial score (nSPS) is 15.4. The van der Waals surface area contributed by atoms with E-state index in [4.69, 9.17) is 107 Å². The molecular weight excluding hydrogens is 2060 g/mol. The number of benzene rings is 7. The number of hydrogen-bond acceptors (Lipinski definition) is 24. The lowest BCUT2D eigenvalue weighted by Crippen LogP contribution is -2.44. The number of piperazine rings is 2. The van der Waals surface area contributed by atoms with Crippen LogP contribution in [-0.4, -0.2) is 182 Å². The number of nitrogens with zero attached hydrogens (tertiary/aromatic N) is 10. The largest absolute Gasteiger partial charge is 0.443 e. The number of anilines is 6. The number of ether oxygens (including phenoxy) is 3. The number of imide groups is 3. The lowest BCUT2D eigenvalue weighted by Gasteiger charge is -2.33. The van der Waals surface area contributed by atoms with Gasteiger partial charge in [0.15, 0.2) is 0 Å². The van der Waals surface area contributed by atoms with Crippen molar-refractivity contribution in [2.75, 3.05) is 93.0 Å². The standard InChI is InChI=1S/C23H28ClN5O3.2C13H13BrClNO3.C10H16N4.C8H5BrClNO.C8H5ClN2O3.C8H7ClN2O.C8H6ClNO/c1-23(2,3)32-22(31)29-14-16-17(24)6-7-18(20(16)21(29)30)26-19-8-5-15(13-25-19)28-11-9-27(4)10-12-28;2*1-13(2,3)19-12(18)16-6-7-9(15)5-4-8(14)10(7)11(16)17;1-13-4-6-14(7-5-13)9-2-3-10(11)12-8-9;9-5-1-2-6(10)4-3-11-8(12)7(4)5;9-5-1-2-6(11(13)14)7-4(5)3-10-8(7)12;9-5-1-2-6(10)7-4(5)3-11-8(7)12;9-7-3-1-2-5-6(7)4-10-8(5)11/h5-8,13H,9-12,14H2,1-4H3,(H,25,26);2*4-5H,6H2,1-3H3;2-3,8H,4-7H2,1H3,(H2,11,12);1-2H,3H2,(H,11,12);1-2H,3H2,(H,10,12);1-2H,3,10H2,(H,11,12);1-3H,4H2,(H,10,11). The number of nitrogens with two attached hydrogens (primary N) is 2. The van der Waals surface area contributed by atoms with Crippen molar-refractivity contribution < 1.29 is 67.1 Å². The van der Waals surface area contributed by atoms with Gasteiger partial charge in [-0.25, -0.2) is 39.1 Å². The maximum Gasteiger partial charge on any atom is 0.417 e. The van der Waals surface area contributed by atoms with Crippen molar-refractivity contribution in [1.82, 2.24) is 55.7 Å². The predicted molar refractivity (Wildman–Crippen MR) is 523 cm³/mol. The average molecular weight is 2150 g/mol. The third-order valence-corrected chi connectivity index (χ3v) is 25.5. The summed E-state index contributed by atoms with van der Waals surface area (Å²) in [6, 6.07) is 33.0. The molecule has 7 aromatic carbocycles. The van der Waals surface area contributed by atoms with Crippen molar-refractivity contribution in [2.45, 2.75) is 125 Å². The average Bonchev–Trinajstić information content (AvgIpc) is 1.62. The Labute approximate surface area is 827 Å². The number of hydrogen-bond donors (Lipinski definition) is 7. The first-order chi connectivity index (χ1) is 62.6. The molecule has 2 fully saturated rings. The van der Waals surface area contributed by atoms with Crippen molar-refractivity contribution in [1.29, 1.82) is 0 Å². The molecule has 10 amide bonds. The van der Waals surface area contributed by atoms with E-state index in [0.717, 1.165) is 93.9 Å². The first-order valence-corrected chi connectivity index (χ1v) is 46.2. The molecule has 0 atom stereocenters. The van der Waals surface area contributed by atoms with E-state index in [0.29, 0.717) is 142 Å². The van der Waals surface area contributed by atoms with Crippen molar-refractivity contribution in [3.05, 3.63) is 264 Å². The van der Waals surface area contributed by atoms with Crippen LogP contribution >= 0.6 is 129 Å². The molecule has 11 heterocycles. The van der Waals surface area contributed by atoms with Gasteiger partial charge in [-0.1, -0.05) is 87.3 Å². The Morgan fingerprint density at radius 2 is 0.767 bits per heavy atom. The number of nitrogen functional groups attached to an aromatic ring is 2. The van der Waals surface area contributed by atoms with Gasteiger partial charge in [-0.15, -0.1) is 0 Å². The van der Waals surface area contributed by atoms with Crippen LogP contribution in [0.4, 0.5) is 54.5 Å². The number of halogens is 10. The van der Waals surface area contributed by atoms with Crippen LogP contribution in [0.1, 0.15) is 174 Å². The monoisotopic (exact) mass is 2150 g/mol. The summed E-state index contributed by atoms with van der Waals surface area (Å²) in [5.41, 5.74) is 20.5. The van der Waals surface area contributed by atoms with Crippen LogP contribution in [0.25, 0.3) is 0 Å². The van der Waals surface area contributed by atoms with E-state index in [9.17, 15) is 58.1 Å². The summed E-state index contributed by atoms with van der Waals surface area (Å²) in [5, 5.41) is 28.0. The Morgan fingerprint density at radius 1 is 0.414 bits per heavy atom. The molecule has 0 bridgehead atoms. The van der Waals surface area contributed by atoms with E-state index in [2.05, 4.69) is 118 Å². The number of likely N-dealkylation sites (N-methyl/N-ethyl adjacent to an activating group) is 2. The van der Waals surface area contributed by atoms with Crippen LogP contribution < -0.4 is 47.9 Å². The Hall–Kier alpha value is -10.7. The quantitative estimate of drug-likeness (QED) is 0.0364. The van der Waals surface area contributed by atoms with Crippen LogP contribution in [0.5, 0.6) is 0 Å². The number of nitro groups is 1. The predicted octanol–water partition coefficient (Wildman–Crippen LogP) is 19.1. The third-order valence-electron chi connectivity index (χ3n) is 21.0. The number of nitro benzene ring substituents is 1. The number of nitrogens with one attached hydrogen (secondary N) is 5. The van der Waals surface area contributed by atoms with Crippen LogP contribution in [0, 0.1) is 10.1 Å². The van der Waals surface area contributed by atoms with Gasteiger partial charge < -0.3 is 71.9 Å². The Balaban J connectivity index is 0.000000150. The van der Waals surface area contributed by atoms with Crippen molar-refractivity contribution >= 4 is 229 Å². The fraction of sp³-hybridized carbons (Fsp3) is 0.319. The SMILES string of the molecule is CC(C)(C)OC(=O)N1Cc2c(Cl)ccc(Br)c2C1=O.CC(C)(C)OC(=O)N1Cc2c(Cl)ccc(Br)c2C1=O.CN1CCN(c2ccc(N)nc2)CC1.CN1CCN(c2ccc(Nc3ccc(Cl)c4c3C(=O)N(C(=O)OC(C)(C)C)C4)nc2)CC1.Nc1ccc(Cl)c2c1C(=O)NC2.O=C1NCc2c(Cl)ccc(Br)c21.O=C1NCc2c(Cl)ccc([N+](=O)[O-])c21.O=C1NCc2c(Cl)cccc21. The summed E-state index contributed by atoms with van der Waals surface area (Å²) < 4.78 is 17.9. The van der Waals surface area contributed by atoms with Gasteiger partial charge in [0.1, 0.15) is 34.0 Å². The van der Waals surface area contributed by atoms with E-state index in [1.807, 2.05) is 36.7 Å². The zero-order valence-corrected chi connectivity index (χ0v) is 83.8. The van der Waals surface area contributed by atoms with Gasteiger partial charge >= 0.3 is 18.3 Å². The topological polar surface area (TPSA) is 402 Å². The summed E-state index contributed by atoms with van der Waals surface area (Å²) in [7, 11) is 4.27. The third kappa shape index (κ3) is 25.5. The molecule has 0 radical (unpaired) electrons. The number of carbonyl (C=O) groups is 10. The van der Waals surface area contributed by atoms with E-state index in [1.165, 1.54) is 17.8 Å². The Morgan fingerprint density at radius 3 is 1.17 bits per heavy atom. The van der Waals surface area contributed by atoms with Crippen molar-refractivity contribution in [3.63, 3.8) is 0 Å². The number of carbonyl (C=O) groups excluding carboxylic acids is 10. The number of aromatic nitrogens is 2. The summed E-state index contributed by atoms with van der Waals surface area (Å²) in [6.45, 7) is 26.3. The maximum absolute atomic E-state index is 13.1. The molecule has 9 N–H and O–H groups in total. The maximum atomic E-state index is 13.1. The second-order valence-electron chi connectivity index (χ2n) is 33.9.